The molecule has 0 saturated carbocycles. The highest BCUT2D eigenvalue weighted by Crippen LogP contribution is 2.23. The van der Waals surface area contributed by atoms with Crippen LogP contribution in [0.15, 0.2) is 42.7 Å². The van der Waals surface area contributed by atoms with Gasteiger partial charge in [-0.15, -0.1) is 0 Å². The van der Waals surface area contributed by atoms with E-state index in [4.69, 9.17) is 14.2 Å². The molecule has 2 heterocycles. The smallest absolute Gasteiger partial charge is 0.409 e. The second-order valence-electron chi connectivity index (χ2n) is 8.71. The minimum Gasteiger partial charge on any atom is -0.493 e. The van der Waals surface area contributed by atoms with E-state index in [1.54, 1.807) is 30.3 Å². The van der Waals surface area contributed by atoms with E-state index in [9.17, 15) is 9.59 Å². The summed E-state index contributed by atoms with van der Waals surface area (Å²) in [5.41, 5.74) is 2.20. The normalized spacial score (nSPS) is 13.5. The third-order valence-corrected chi connectivity index (χ3v) is 5.48. The molecule has 0 bridgehead atoms. The van der Waals surface area contributed by atoms with Crippen molar-refractivity contribution in [1.82, 2.24) is 9.88 Å². The van der Waals surface area contributed by atoms with E-state index >= 15 is 0 Å². The molecule has 1 aliphatic rings. The van der Waals surface area contributed by atoms with Gasteiger partial charge in [0.15, 0.2) is 0 Å². The number of nitrogens with zero attached hydrogens (tertiary/aromatic N) is 3. The molecule has 0 aliphatic carbocycles. The van der Waals surface area contributed by atoms with Crippen molar-refractivity contribution in [3.05, 3.63) is 48.3 Å². The molecule has 9 nitrogen and oxygen atoms in total. The Hall–Kier alpha value is -3.49. The molecule has 1 N–H and O–H groups in total. The molecule has 9 heteroatoms. The molecule has 0 spiro atoms. The van der Waals surface area contributed by atoms with Gasteiger partial charge in [0.25, 0.3) is 0 Å². The summed E-state index contributed by atoms with van der Waals surface area (Å²) in [5.74, 6) is 0.768. The average molecular weight is 485 g/mol. The third-order valence-electron chi connectivity index (χ3n) is 5.48. The van der Waals surface area contributed by atoms with Gasteiger partial charge < -0.3 is 29.3 Å². The Kier molecular flexibility index (Phi) is 10.0. The molecule has 2 aromatic rings. The number of aromatic nitrogens is 1. The summed E-state index contributed by atoms with van der Waals surface area (Å²) in [6, 6.07) is 9.65. The van der Waals surface area contributed by atoms with Crippen LogP contribution in [0.5, 0.6) is 5.75 Å². The summed E-state index contributed by atoms with van der Waals surface area (Å²) >= 11 is 0. The van der Waals surface area contributed by atoms with Gasteiger partial charge >= 0.3 is 12.1 Å². The number of hydrogen-bond acceptors (Lipinski definition) is 8. The van der Waals surface area contributed by atoms with Crippen LogP contribution in [-0.4, -0.2) is 74.5 Å². The number of pyridine rings is 1. The van der Waals surface area contributed by atoms with Crippen LogP contribution in [0.25, 0.3) is 0 Å². The minimum absolute atomic E-state index is 0.232. The molecule has 3 rings (SSSR count). The number of hydrogen-bond donors (Lipinski definition) is 1. The fourth-order valence-corrected chi connectivity index (χ4v) is 3.65. The Morgan fingerprint density at radius 1 is 1.11 bits per heavy atom. The minimum atomic E-state index is -0.362. The molecular weight excluding hydrogens is 448 g/mol. The predicted octanol–water partition coefficient (Wildman–Crippen LogP) is 4.05. The maximum atomic E-state index is 12.2. The van der Waals surface area contributed by atoms with E-state index in [2.05, 4.69) is 21.3 Å². The van der Waals surface area contributed by atoms with Crippen LogP contribution in [0.1, 0.15) is 37.6 Å². The first-order chi connectivity index (χ1) is 17.0. The molecule has 0 unspecified atom stereocenters. The van der Waals surface area contributed by atoms with E-state index in [1.807, 2.05) is 32.0 Å². The zero-order valence-electron chi connectivity index (χ0n) is 20.9. The first kappa shape index (κ1) is 26.1. The lowest BCUT2D eigenvalue weighted by Crippen LogP contribution is -2.49. The number of benzene rings is 1. The number of rotatable bonds is 11. The summed E-state index contributed by atoms with van der Waals surface area (Å²) in [6.07, 6.45) is 3.72. The van der Waals surface area contributed by atoms with Crippen LogP contribution in [-0.2, 0) is 9.47 Å². The Balaban J connectivity index is 1.42. The van der Waals surface area contributed by atoms with Gasteiger partial charge in [-0.05, 0) is 37.5 Å². The van der Waals surface area contributed by atoms with Crippen molar-refractivity contribution in [2.24, 2.45) is 5.92 Å². The number of anilines is 2. The van der Waals surface area contributed by atoms with Crippen molar-refractivity contribution in [2.45, 2.75) is 27.2 Å². The Labute approximate surface area is 207 Å². The molecule has 0 radical (unpaired) electrons. The number of nitrogens with one attached hydrogen (secondary N) is 1. The van der Waals surface area contributed by atoms with Crippen molar-refractivity contribution in [3.63, 3.8) is 0 Å². The molecule has 1 amide bonds. The second kappa shape index (κ2) is 13.4. The zero-order chi connectivity index (χ0) is 25.0. The summed E-state index contributed by atoms with van der Waals surface area (Å²) in [4.78, 5) is 32.3. The van der Waals surface area contributed by atoms with Crippen LogP contribution in [0.2, 0.25) is 0 Å². The highest BCUT2D eigenvalue weighted by molar-refractivity contribution is 5.95. The first-order valence-electron chi connectivity index (χ1n) is 12.2. The van der Waals surface area contributed by atoms with Crippen LogP contribution in [0.3, 0.4) is 0 Å². The van der Waals surface area contributed by atoms with Gasteiger partial charge in [-0.25, -0.2) is 9.59 Å². The highest BCUT2D eigenvalue weighted by atomic mass is 16.6. The van der Waals surface area contributed by atoms with Crippen LogP contribution >= 0.6 is 0 Å². The highest BCUT2D eigenvalue weighted by Gasteiger charge is 2.22. The first-order valence-corrected chi connectivity index (χ1v) is 12.2. The summed E-state index contributed by atoms with van der Waals surface area (Å²) in [6.45, 7) is 10.5. The van der Waals surface area contributed by atoms with Gasteiger partial charge in [-0.2, -0.15) is 0 Å². The number of amides is 1. The van der Waals surface area contributed by atoms with Gasteiger partial charge in [-0.1, -0.05) is 19.9 Å². The van der Waals surface area contributed by atoms with Crippen molar-refractivity contribution < 1.29 is 23.8 Å². The molecular formula is C26H36N4O5. The van der Waals surface area contributed by atoms with Gasteiger partial charge in [0.05, 0.1) is 37.3 Å². The SMILES string of the molecule is CCOC(=O)c1ccncc1NCCCOc1cccc(N2CCN(C(=O)OCC(C)C)CC2)c1. The Bertz CT molecular complexity index is 960. The maximum Gasteiger partial charge on any atom is 0.409 e. The van der Waals surface area contributed by atoms with Crippen LogP contribution in [0, 0.1) is 5.92 Å². The second-order valence-corrected chi connectivity index (χ2v) is 8.71. The molecule has 1 aromatic heterocycles. The fourth-order valence-electron chi connectivity index (χ4n) is 3.65. The van der Waals surface area contributed by atoms with Gasteiger partial charge in [0.2, 0.25) is 0 Å². The quantitative estimate of drug-likeness (QED) is 0.377. The number of ether oxygens (including phenoxy) is 3. The van der Waals surface area contributed by atoms with Crippen molar-refractivity contribution in [1.29, 1.82) is 0 Å². The van der Waals surface area contributed by atoms with E-state index in [0.29, 0.717) is 56.6 Å². The van der Waals surface area contributed by atoms with Crippen LogP contribution < -0.4 is 15.0 Å². The number of carbonyl (C=O) groups is 2. The molecule has 1 aromatic carbocycles. The fraction of sp³-hybridized carbons (Fsp3) is 0.500. The predicted molar refractivity (Wildman–Crippen MR) is 135 cm³/mol. The molecule has 190 valence electrons. The monoisotopic (exact) mass is 484 g/mol. The van der Waals surface area contributed by atoms with E-state index in [-0.39, 0.29) is 12.1 Å². The third kappa shape index (κ3) is 8.05. The Morgan fingerprint density at radius 3 is 2.66 bits per heavy atom. The molecule has 35 heavy (non-hydrogen) atoms. The summed E-state index contributed by atoms with van der Waals surface area (Å²) in [7, 11) is 0. The Morgan fingerprint density at radius 2 is 1.91 bits per heavy atom. The molecule has 0 atom stereocenters. The zero-order valence-corrected chi connectivity index (χ0v) is 20.9. The summed E-state index contributed by atoms with van der Waals surface area (Å²) < 4.78 is 16.4. The molecule has 1 aliphatic heterocycles. The molecule has 1 saturated heterocycles. The van der Waals surface area contributed by atoms with Crippen molar-refractivity contribution in [3.8, 4) is 5.75 Å². The van der Waals surface area contributed by atoms with Crippen molar-refractivity contribution in [2.75, 3.05) is 62.8 Å². The number of piperazine rings is 1. The van der Waals surface area contributed by atoms with Crippen LogP contribution in [0.4, 0.5) is 16.2 Å². The molecule has 1 fully saturated rings. The van der Waals surface area contributed by atoms with E-state index in [1.165, 1.54) is 0 Å². The number of carbonyl (C=O) groups excluding carboxylic acids is 2. The average Bonchev–Trinajstić information content (AvgIpc) is 2.87. The van der Waals surface area contributed by atoms with Gasteiger partial charge in [0.1, 0.15) is 5.75 Å². The van der Waals surface area contributed by atoms with Crippen molar-refractivity contribution >= 4 is 23.4 Å². The number of esters is 1. The lowest BCUT2D eigenvalue weighted by molar-refractivity contribution is 0.0527. The standard InChI is InChI=1S/C26H36N4O5/c1-4-33-25(31)23-9-11-27-18-24(23)28-10-6-16-34-22-8-5-7-21(17-22)29-12-14-30(15-13-29)26(32)35-19-20(2)3/h5,7-9,11,17-18,20,28H,4,6,10,12-16,19H2,1-3H3. The van der Waals surface area contributed by atoms with E-state index in [0.717, 1.165) is 30.9 Å². The topological polar surface area (TPSA) is 93.2 Å². The lowest BCUT2D eigenvalue weighted by Gasteiger charge is -2.35. The summed E-state index contributed by atoms with van der Waals surface area (Å²) in [5, 5.41) is 3.24. The lowest BCUT2D eigenvalue weighted by atomic mass is 10.2. The maximum absolute atomic E-state index is 12.2. The van der Waals surface area contributed by atoms with Gasteiger partial charge in [-0.3, -0.25) is 4.98 Å². The largest absolute Gasteiger partial charge is 0.493 e. The van der Waals surface area contributed by atoms with E-state index < -0.39 is 0 Å². The van der Waals surface area contributed by atoms with Gasteiger partial charge in [0, 0.05) is 50.7 Å².